The molecule has 12 heteroatoms. The quantitative estimate of drug-likeness (QED) is 0.332. The third kappa shape index (κ3) is 4.95. The van der Waals surface area contributed by atoms with Crippen LogP contribution < -0.4 is 9.64 Å². The molecule has 0 aromatic heterocycles. The zero-order valence-electron chi connectivity index (χ0n) is 21.7. The van der Waals surface area contributed by atoms with Gasteiger partial charge in [0.15, 0.2) is 0 Å². The van der Waals surface area contributed by atoms with Gasteiger partial charge in [0.1, 0.15) is 24.5 Å². The van der Waals surface area contributed by atoms with Crippen LogP contribution in [0.2, 0.25) is 0 Å². The van der Waals surface area contributed by atoms with Crippen molar-refractivity contribution in [2.75, 3.05) is 44.2 Å². The third-order valence-corrected chi connectivity index (χ3v) is 8.58. The number of benzene rings is 2. The van der Waals surface area contributed by atoms with Gasteiger partial charge in [-0.15, -0.1) is 5.06 Å². The third-order valence-electron chi connectivity index (χ3n) is 8.05. The molecule has 0 aliphatic carbocycles. The standard InChI is InChI=1S/C28H29BrN4O7/c29-19-1-3-20(4-2-19)31-15-28(16-31)13-30(14-28)11-21(35)12-39-22-5-6-23-18(9-22)10-32(26(23)37)24-7-8-25(36)33(27(24)38)40-17-34/h1-6,9,17,21,24,35H,7-8,10-16H2/t21-,24?/m1/s1. The first-order chi connectivity index (χ1) is 19.2. The van der Waals surface area contributed by atoms with E-state index < -0.39 is 24.0 Å². The van der Waals surface area contributed by atoms with Crippen LogP contribution in [0.25, 0.3) is 0 Å². The lowest BCUT2D eigenvalue weighted by Crippen LogP contribution is -2.72. The van der Waals surface area contributed by atoms with Crippen molar-refractivity contribution >= 4 is 45.8 Å². The van der Waals surface area contributed by atoms with Gasteiger partial charge >= 0.3 is 6.47 Å². The molecule has 1 spiro atoms. The summed E-state index contributed by atoms with van der Waals surface area (Å²) in [6, 6.07) is 12.5. The van der Waals surface area contributed by atoms with Gasteiger partial charge in [0.25, 0.3) is 17.7 Å². The lowest BCUT2D eigenvalue weighted by atomic mass is 9.72. The van der Waals surface area contributed by atoms with Crippen LogP contribution in [0.1, 0.15) is 28.8 Å². The van der Waals surface area contributed by atoms with Crippen molar-refractivity contribution in [3.63, 3.8) is 0 Å². The van der Waals surface area contributed by atoms with Crippen LogP contribution in [0.4, 0.5) is 5.69 Å². The maximum absolute atomic E-state index is 13.0. The Morgan fingerprint density at radius 2 is 1.82 bits per heavy atom. The number of piperidine rings is 1. The van der Waals surface area contributed by atoms with E-state index >= 15 is 0 Å². The maximum atomic E-state index is 13.0. The number of anilines is 1. The SMILES string of the molecule is O=CON1C(=O)CCC(N2Cc3cc(OC[C@H](O)CN4CC5(C4)CN(c4ccc(Br)cc4)C5)ccc3C2=O)C1=O. The molecule has 40 heavy (non-hydrogen) atoms. The molecular formula is C28H29BrN4O7. The van der Waals surface area contributed by atoms with Crippen molar-refractivity contribution in [3.8, 4) is 5.75 Å². The van der Waals surface area contributed by atoms with Crippen molar-refractivity contribution in [1.29, 1.82) is 0 Å². The number of ether oxygens (including phenoxy) is 1. The number of aliphatic hydroxyl groups excluding tert-OH is 1. The van der Waals surface area contributed by atoms with Crippen LogP contribution in [0.15, 0.2) is 46.9 Å². The monoisotopic (exact) mass is 612 g/mol. The number of aliphatic hydroxyl groups is 1. The number of imide groups is 1. The molecule has 2 aromatic carbocycles. The average molecular weight is 613 g/mol. The molecule has 1 unspecified atom stereocenters. The Bertz CT molecular complexity index is 1340. The number of hydroxylamine groups is 2. The molecule has 2 aromatic rings. The highest BCUT2D eigenvalue weighted by molar-refractivity contribution is 9.10. The molecule has 2 atom stereocenters. The van der Waals surface area contributed by atoms with Gasteiger partial charge in [-0.2, -0.15) is 0 Å². The Hall–Kier alpha value is -3.48. The van der Waals surface area contributed by atoms with Gasteiger partial charge in [-0.3, -0.25) is 24.1 Å². The van der Waals surface area contributed by atoms with Crippen LogP contribution in [0, 0.1) is 5.41 Å². The Morgan fingerprint density at radius 3 is 2.55 bits per heavy atom. The van der Waals surface area contributed by atoms with Crippen molar-refractivity contribution in [1.82, 2.24) is 14.9 Å². The summed E-state index contributed by atoms with van der Waals surface area (Å²) >= 11 is 3.47. The van der Waals surface area contributed by atoms with Gasteiger partial charge in [-0.25, -0.2) is 0 Å². The number of nitrogens with zero attached hydrogens (tertiary/aromatic N) is 4. The molecule has 4 aliphatic heterocycles. The van der Waals surface area contributed by atoms with E-state index in [0.717, 1.165) is 30.7 Å². The van der Waals surface area contributed by atoms with Gasteiger partial charge in [-0.05, 0) is 54.4 Å². The van der Waals surface area contributed by atoms with Crippen molar-refractivity contribution in [2.24, 2.45) is 5.41 Å². The number of carbonyl (C=O) groups excluding carboxylic acids is 4. The van der Waals surface area contributed by atoms with Gasteiger partial charge in [-0.1, -0.05) is 15.9 Å². The van der Waals surface area contributed by atoms with E-state index in [1.807, 2.05) is 0 Å². The van der Waals surface area contributed by atoms with Crippen LogP contribution in [-0.2, 0) is 25.8 Å². The molecule has 4 aliphatic rings. The predicted molar refractivity (Wildman–Crippen MR) is 145 cm³/mol. The van der Waals surface area contributed by atoms with Crippen molar-refractivity contribution < 1.29 is 33.9 Å². The number of carbonyl (C=O) groups is 4. The number of β-amino-alcohol motifs (C(OH)–C–C–N with tert-alkyl or cyclic N) is 1. The number of likely N-dealkylation sites (tertiary alicyclic amines) is 1. The lowest BCUT2D eigenvalue weighted by molar-refractivity contribution is -0.200. The normalized spacial score (nSPS) is 22.6. The molecule has 0 bridgehead atoms. The molecule has 11 nitrogen and oxygen atoms in total. The Morgan fingerprint density at radius 1 is 1.07 bits per heavy atom. The topological polar surface area (TPSA) is 120 Å². The molecular weight excluding hydrogens is 584 g/mol. The smallest absolute Gasteiger partial charge is 0.321 e. The highest BCUT2D eigenvalue weighted by atomic mass is 79.9. The molecule has 6 rings (SSSR count). The highest BCUT2D eigenvalue weighted by Gasteiger charge is 2.51. The molecule has 4 heterocycles. The van der Waals surface area contributed by atoms with E-state index in [4.69, 9.17) is 4.74 Å². The first-order valence-corrected chi connectivity index (χ1v) is 14.0. The zero-order chi connectivity index (χ0) is 28.0. The van der Waals surface area contributed by atoms with E-state index in [9.17, 15) is 24.3 Å². The number of hydrogen-bond donors (Lipinski definition) is 1. The van der Waals surface area contributed by atoms with E-state index in [2.05, 4.69) is 54.8 Å². The molecule has 1 N–H and O–H groups in total. The van der Waals surface area contributed by atoms with E-state index in [-0.39, 0.29) is 38.4 Å². The molecule has 0 saturated carbocycles. The fourth-order valence-electron chi connectivity index (χ4n) is 6.22. The van der Waals surface area contributed by atoms with Crippen molar-refractivity contribution in [3.05, 3.63) is 58.1 Å². The minimum atomic E-state index is -0.902. The van der Waals surface area contributed by atoms with Gasteiger partial charge in [0.2, 0.25) is 0 Å². The maximum Gasteiger partial charge on any atom is 0.321 e. The van der Waals surface area contributed by atoms with Crippen molar-refractivity contribution in [2.45, 2.75) is 31.5 Å². The first kappa shape index (κ1) is 26.7. The van der Waals surface area contributed by atoms with Gasteiger partial charge in [0.05, 0.1) is 0 Å². The number of rotatable bonds is 9. The summed E-state index contributed by atoms with van der Waals surface area (Å²) in [5.41, 5.74) is 2.67. The minimum absolute atomic E-state index is 0.0157. The van der Waals surface area contributed by atoms with E-state index in [0.29, 0.717) is 33.9 Å². The summed E-state index contributed by atoms with van der Waals surface area (Å²) in [4.78, 5) is 58.8. The Labute approximate surface area is 239 Å². The summed E-state index contributed by atoms with van der Waals surface area (Å²) < 4.78 is 6.91. The largest absolute Gasteiger partial charge is 0.491 e. The zero-order valence-corrected chi connectivity index (χ0v) is 23.3. The number of hydrogen-bond acceptors (Lipinski definition) is 9. The predicted octanol–water partition coefficient (Wildman–Crippen LogP) is 1.57. The second kappa shape index (κ2) is 10.5. The lowest BCUT2D eigenvalue weighted by Gasteiger charge is -2.61. The number of halogens is 1. The summed E-state index contributed by atoms with van der Waals surface area (Å²) in [6.07, 6.45) is -0.517. The van der Waals surface area contributed by atoms with Crippen LogP contribution in [-0.4, -0.2) is 95.6 Å². The van der Waals surface area contributed by atoms with E-state index in [1.165, 1.54) is 10.6 Å². The molecule has 210 valence electrons. The number of fused-ring (bicyclic) bond motifs is 1. The molecule has 0 radical (unpaired) electrons. The van der Waals surface area contributed by atoms with Crippen LogP contribution in [0.5, 0.6) is 5.75 Å². The minimum Gasteiger partial charge on any atom is -0.491 e. The fourth-order valence-corrected chi connectivity index (χ4v) is 6.48. The second-order valence-corrected chi connectivity index (χ2v) is 11.9. The van der Waals surface area contributed by atoms with Gasteiger partial charge in [0, 0.05) is 66.8 Å². The second-order valence-electron chi connectivity index (χ2n) is 11.0. The summed E-state index contributed by atoms with van der Waals surface area (Å²) in [6.45, 7) is 4.78. The average Bonchev–Trinajstić information content (AvgIpc) is 3.22. The number of amides is 3. The Balaban J connectivity index is 0.974. The Kier molecular flexibility index (Phi) is 7.01. The van der Waals surface area contributed by atoms with Gasteiger partial charge < -0.3 is 24.5 Å². The first-order valence-electron chi connectivity index (χ1n) is 13.2. The molecule has 3 saturated heterocycles. The highest BCUT2D eigenvalue weighted by Crippen LogP contribution is 2.42. The van der Waals surface area contributed by atoms with Crippen LogP contribution >= 0.6 is 15.9 Å². The van der Waals surface area contributed by atoms with Crippen LogP contribution in [0.3, 0.4) is 0 Å². The molecule has 3 amide bonds. The molecule has 3 fully saturated rings. The van der Waals surface area contributed by atoms with E-state index in [1.54, 1.807) is 18.2 Å². The summed E-state index contributed by atoms with van der Waals surface area (Å²) in [7, 11) is 0. The summed E-state index contributed by atoms with van der Waals surface area (Å²) in [5, 5.41) is 11.0. The fraction of sp³-hybridized carbons (Fsp3) is 0.429. The summed E-state index contributed by atoms with van der Waals surface area (Å²) in [5.74, 6) is -1.16.